The van der Waals surface area contributed by atoms with Crippen LogP contribution in [0.5, 0.6) is 0 Å². The molecule has 0 bridgehead atoms. The molecule has 0 aliphatic heterocycles. The van der Waals surface area contributed by atoms with Crippen LogP contribution < -0.4 is 4.72 Å². The third-order valence-corrected chi connectivity index (χ3v) is 4.87. The minimum Gasteiger partial charge on any atom is -0.324 e. The first-order valence-corrected chi connectivity index (χ1v) is 8.90. The Morgan fingerprint density at radius 2 is 1.72 bits per heavy atom. The highest BCUT2D eigenvalue weighted by Gasteiger charge is 2.09. The lowest BCUT2D eigenvalue weighted by Gasteiger charge is -2.12. The van der Waals surface area contributed by atoms with Crippen LogP contribution in [0, 0.1) is 6.92 Å². The quantitative estimate of drug-likeness (QED) is 0.481. The van der Waals surface area contributed by atoms with Gasteiger partial charge in [0.05, 0.1) is 11.2 Å². The standard InChI is InChI=1S/C21H17N3S/c1-15-6-8-17(9-7-15)25-24-20-11-10-18(16-4-2-12-22-14-16)19-5-3-13-23-21(19)20/h2-14,24H,1H3. The zero-order chi connectivity index (χ0) is 17.1. The number of rotatable bonds is 4. The number of nitrogens with one attached hydrogen (secondary N) is 1. The highest BCUT2D eigenvalue weighted by Crippen LogP contribution is 2.33. The predicted molar refractivity (Wildman–Crippen MR) is 106 cm³/mol. The molecule has 0 saturated heterocycles. The number of hydrogen-bond acceptors (Lipinski definition) is 4. The Kier molecular flexibility index (Phi) is 4.36. The summed E-state index contributed by atoms with van der Waals surface area (Å²) in [6.07, 6.45) is 5.51. The minimum absolute atomic E-state index is 0.962. The molecule has 4 heteroatoms. The normalized spacial score (nSPS) is 10.8. The fourth-order valence-electron chi connectivity index (χ4n) is 2.75. The number of fused-ring (bicyclic) bond motifs is 1. The molecule has 4 aromatic rings. The van der Waals surface area contributed by atoms with Crippen LogP contribution in [0.25, 0.3) is 22.0 Å². The lowest BCUT2D eigenvalue weighted by molar-refractivity contribution is 1.33. The van der Waals surface area contributed by atoms with E-state index in [-0.39, 0.29) is 0 Å². The first-order chi connectivity index (χ1) is 12.3. The summed E-state index contributed by atoms with van der Waals surface area (Å²) < 4.78 is 3.44. The smallest absolute Gasteiger partial charge is 0.0947 e. The Morgan fingerprint density at radius 3 is 2.52 bits per heavy atom. The van der Waals surface area contributed by atoms with Gasteiger partial charge in [0.2, 0.25) is 0 Å². The van der Waals surface area contributed by atoms with Gasteiger partial charge in [-0.15, -0.1) is 0 Å². The lowest BCUT2D eigenvalue weighted by atomic mass is 10.0. The largest absolute Gasteiger partial charge is 0.324 e. The van der Waals surface area contributed by atoms with Crippen molar-refractivity contribution in [2.45, 2.75) is 11.8 Å². The first kappa shape index (κ1) is 15.7. The number of nitrogens with zero attached hydrogens (tertiary/aromatic N) is 2. The number of aryl methyl sites for hydroxylation is 1. The average molecular weight is 343 g/mol. The van der Waals surface area contributed by atoms with Gasteiger partial charge in [-0.2, -0.15) is 0 Å². The van der Waals surface area contributed by atoms with Crippen molar-refractivity contribution in [3.05, 3.63) is 84.8 Å². The van der Waals surface area contributed by atoms with Crippen molar-refractivity contribution in [2.24, 2.45) is 0 Å². The third kappa shape index (κ3) is 3.35. The molecule has 1 N–H and O–H groups in total. The van der Waals surface area contributed by atoms with Crippen LogP contribution >= 0.6 is 11.9 Å². The summed E-state index contributed by atoms with van der Waals surface area (Å²) in [5, 5.41) is 1.12. The summed E-state index contributed by atoms with van der Waals surface area (Å²) in [6.45, 7) is 2.09. The van der Waals surface area contributed by atoms with E-state index < -0.39 is 0 Å². The molecule has 0 saturated carbocycles. The molecule has 0 spiro atoms. The summed E-state index contributed by atoms with van der Waals surface area (Å²) in [6, 6.07) is 20.8. The number of hydrogen-bond donors (Lipinski definition) is 1. The second-order valence-corrected chi connectivity index (χ2v) is 6.70. The molecule has 0 atom stereocenters. The third-order valence-electron chi connectivity index (χ3n) is 4.04. The predicted octanol–water partition coefficient (Wildman–Crippen LogP) is 5.72. The maximum atomic E-state index is 4.60. The minimum atomic E-state index is 0.962. The molecule has 2 aromatic carbocycles. The van der Waals surface area contributed by atoms with Gasteiger partial charge < -0.3 is 4.72 Å². The first-order valence-electron chi connectivity index (χ1n) is 8.09. The summed E-state index contributed by atoms with van der Waals surface area (Å²) in [5.74, 6) is 0. The van der Waals surface area contributed by atoms with Crippen LogP contribution in [0.2, 0.25) is 0 Å². The van der Waals surface area contributed by atoms with E-state index in [0.717, 1.165) is 27.7 Å². The van der Waals surface area contributed by atoms with E-state index in [1.54, 1.807) is 18.1 Å². The molecule has 0 aliphatic rings. The van der Waals surface area contributed by atoms with Crippen LogP contribution in [0.15, 0.2) is 84.1 Å². The molecule has 2 heterocycles. The van der Waals surface area contributed by atoms with Crippen molar-refractivity contribution in [2.75, 3.05) is 4.72 Å². The Bertz CT molecular complexity index is 998. The highest BCUT2D eigenvalue weighted by molar-refractivity contribution is 8.00. The van der Waals surface area contributed by atoms with Crippen LogP contribution in [0.1, 0.15) is 5.56 Å². The molecule has 0 fully saturated rings. The molecule has 2 aromatic heterocycles. The second kappa shape index (κ2) is 6.95. The maximum Gasteiger partial charge on any atom is 0.0947 e. The monoisotopic (exact) mass is 343 g/mol. The molecule has 3 nitrogen and oxygen atoms in total. The van der Waals surface area contributed by atoms with Gasteiger partial charge in [-0.05, 0) is 54.8 Å². The van der Waals surface area contributed by atoms with Crippen molar-refractivity contribution < 1.29 is 0 Å². The van der Waals surface area contributed by atoms with E-state index in [1.165, 1.54) is 10.5 Å². The van der Waals surface area contributed by atoms with E-state index in [0.29, 0.717) is 0 Å². The molecule has 25 heavy (non-hydrogen) atoms. The van der Waals surface area contributed by atoms with Crippen LogP contribution in [0.4, 0.5) is 5.69 Å². The van der Waals surface area contributed by atoms with Crippen molar-refractivity contribution in [1.82, 2.24) is 9.97 Å². The summed E-state index contributed by atoms with van der Waals surface area (Å²) in [5.41, 5.74) is 5.47. The van der Waals surface area contributed by atoms with Gasteiger partial charge in [0, 0.05) is 34.4 Å². The van der Waals surface area contributed by atoms with Crippen LogP contribution in [0.3, 0.4) is 0 Å². The van der Waals surface area contributed by atoms with E-state index in [2.05, 4.69) is 70.1 Å². The Hall–Kier alpha value is -2.85. The second-order valence-electron chi connectivity index (χ2n) is 5.82. The van der Waals surface area contributed by atoms with Gasteiger partial charge in [-0.1, -0.05) is 35.9 Å². The van der Waals surface area contributed by atoms with Gasteiger partial charge in [0.15, 0.2) is 0 Å². The number of pyridine rings is 2. The van der Waals surface area contributed by atoms with E-state index in [4.69, 9.17) is 0 Å². The van der Waals surface area contributed by atoms with Crippen molar-refractivity contribution in [3.63, 3.8) is 0 Å². The summed E-state index contributed by atoms with van der Waals surface area (Å²) in [7, 11) is 0. The molecule has 122 valence electrons. The Morgan fingerprint density at radius 1 is 0.880 bits per heavy atom. The van der Waals surface area contributed by atoms with Crippen molar-refractivity contribution >= 4 is 28.5 Å². The van der Waals surface area contributed by atoms with Crippen molar-refractivity contribution in [3.8, 4) is 11.1 Å². The van der Waals surface area contributed by atoms with Gasteiger partial charge in [-0.3, -0.25) is 9.97 Å². The van der Waals surface area contributed by atoms with E-state index in [1.807, 2.05) is 24.5 Å². The Balaban J connectivity index is 1.70. The van der Waals surface area contributed by atoms with Crippen LogP contribution in [-0.2, 0) is 0 Å². The molecule has 0 radical (unpaired) electrons. The molecule has 0 amide bonds. The molecule has 0 aliphatic carbocycles. The van der Waals surface area contributed by atoms with Gasteiger partial charge in [-0.25, -0.2) is 0 Å². The maximum absolute atomic E-state index is 4.60. The highest BCUT2D eigenvalue weighted by atomic mass is 32.2. The molecular formula is C21H17N3S. The SMILES string of the molecule is Cc1ccc(SNc2ccc(-c3cccnc3)c3cccnc23)cc1. The van der Waals surface area contributed by atoms with Crippen molar-refractivity contribution in [1.29, 1.82) is 0 Å². The van der Waals surface area contributed by atoms with E-state index >= 15 is 0 Å². The van der Waals surface area contributed by atoms with Gasteiger partial charge in [0.25, 0.3) is 0 Å². The fraction of sp³-hybridized carbons (Fsp3) is 0.0476. The summed E-state index contributed by atoms with van der Waals surface area (Å²) in [4.78, 5) is 10.0. The lowest BCUT2D eigenvalue weighted by Crippen LogP contribution is -1.92. The molecule has 4 rings (SSSR count). The molecular weight excluding hydrogens is 326 g/mol. The zero-order valence-corrected chi connectivity index (χ0v) is 14.6. The molecule has 0 unspecified atom stereocenters. The summed E-state index contributed by atoms with van der Waals surface area (Å²) >= 11 is 1.60. The zero-order valence-electron chi connectivity index (χ0n) is 13.8. The fourth-order valence-corrected chi connectivity index (χ4v) is 3.41. The average Bonchev–Trinajstić information content (AvgIpc) is 2.68. The topological polar surface area (TPSA) is 37.8 Å². The van der Waals surface area contributed by atoms with Crippen LogP contribution in [-0.4, -0.2) is 9.97 Å². The number of aromatic nitrogens is 2. The van der Waals surface area contributed by atoms with Gasteiger partial charge >= 0.3 is 0 Å². The number of anilines is 1. The van der Waals surface area contributed by atoms with Gasteiger partial charge in [0.1, 0.15) is 0 Å². The number of benzene rings is 2. The Labute approximate surface area is 151 Å². The van der Waals surface area contributed by atoms with E-state index in [9.17, 15) is 0 Å².